The Kier molecular flexibility index (Phi) is 6.44. The van der Waals surface area contributed by atoms with Crippen LogP contribution in [-0.4, -0.2) is 28.8 Å². The zero-order valence-electron chi connectivity index (χ0n) is 15.3. The van der Waals surface area contributed by atoms with E-state index >= 15 is 0 Å². The molecule has 0 bridgehead atoms. The molecule has 27 heavy (non-hydrogen) atoms. The maximum Gasteiger partial charge on any atom is 0.408 e. The lowest BCUT2D eigenvalue weighted by Gasteiger charge is -2.22. The van der Waals surface area contributed by atoms with Crippen LogP contribution in [0.1, 0.15) is 26.3 Å². The lowest BCUT2D eigenvalue weighted by molar-refractivity contribution is -0.139. The summed E-state index contributed by atoms with van der Waals surface area (Å²) in [5.74, 6) is -1.58. The molecule has 2 rings (SSSR count). The van der Waals surface area contributed by atoms with E-state index in [1.54, 1.807) is 45.0 Å². The minimum Gasteiger partial charge on any atom is -0.480 e. The van der Waals surface area contributed by atoms with Crippen molar-refractivity contribution in [2.45, 2.75) is 38.8 Å². The summed E-state index contributed by atoms with van der Waals surface area (Å²) >= 11 is 5.91. The van der Waals surface area contributed by atoms with Crippen molar-refractivity contribution in [3.63, 3.8) is 0 Å². The lowest BCUT2D eigenvalue weighted by Crippen LogP contribution is -2.44. The number of aliphatic carboxylic acids is 1. The molecular formula is C20H21ClFNO4. The van der Waals surface area contributed by atoms with Crippen LogP contribution in [0.15, 0.2) is 42.5 Å². The van der Waals surface area contributed by atoms with Crippen LogP contribution in [0, 0.1) is 5.82 Å². The number of amides is 1. The summed E-state index contributed by atoms with van der Waals surface area (Å²) in [5.41, 5.74) is 0.918. The van der Waals surface area contributed by atoms with Gasteiger partial charge in [0.25, 0.3) is 0 Å². The Balaban J connectivity index is 2.12. The Morgan fingerprint density at radius 3 is 2.37 bits per heavy atom. The molecule has 0 aliphatic carbocycles. The molecular weight excluding hydrogens is 373 g/mol. The number of nitrogens with one attached hydrogen (secondary N) is 1. The molecule has 1 amide bonds. The smallest absolute Gasteiger partial charge is 0.408 e. The quantitative estimate of drug-likeness (QED) is 0.774. The topological polar surface area (TPSA) is 75.6 Å². The summed E-state index contributed by atoms with van der Waals surface area (Å²) in [6, 6.07) is 9.85. The van der Waals surface area contributed by atoms with Gasteiger partial charge in [0.05, 0.1) is 0 Å². The lowest BCUT2D eigenvalue weighted by atomic mass is 10.0. The molecule has 5 nitrogen and oxygen atoms in total. The van der Waals surface area contributed by atoms with Crippen molar-refractivity contribution in [1.29, 1.82) is 0 Å². The van der Waals surface area contributed by atoms with Gasteiger partial charge in [-0.25, -0.2) is 14.0 Å². The summed E-state index contributed by atoms with van der Waals surface area (Å²) in [4.78, 5) is 23.3. The highest BCUT2D eigenvalue weighted by molar-refractivity contribution is 6.30. The minimum atomic E-state index is -1.18. The van der Waals surface area contributed by atoms with Gasteiger partial charge in [-0.1, -0.05) is 35.9 Å². The van der Waals surface area contributed by atoms with E-state index in [9.17, 15) is 19.1 Å². The van der Waals surface area contributed by atoms with Gasteiger partial charge in [-0.15, -0.1) is 0 Å². The van der Waals surface area contributed by atoms with Crippen LogP contribution in [-0.2, 0) is 16.0 Å². The fourth-order valence-corrected chi connectivity index (χ4v) is 2.60. The third kappa shape index (κ3) is 6.25. The minimum absolute atomic E-state index is 0.0624. The van der Waals surface area contributed by atoms with E-state index in [4.69, 9.17) is 16.3 Å². The van der Waals surface area contributed by atoms with Gasteiger partial charge in [-0.05, 0) is 50.1 Å². The molecule has 0 aliphatic rings. The fourth-order valence-electron chi connectivity index (χ4n) is 2.42. The predicted molar refractivity (Wildman–Crippen MR) is 101 cm³/mol. The summed E-state index contributed by atoms with van der Waals surface area (Å²) in [6.07, 6.45) is -0.736. The Morgan fingerprint density at radius 1 is 1.19 bits per heavy atom. The average molecular weight is 394 g/mol. The number of halogens is 2. The number of hydrogen-bond acceptors (Lipinski definition) is 3. The van der Waals surface area contributed by atoms with Gasteiger partial charge in [-0.2, -0.15) is 0 Å². The number of benzene rings is 2. The standard InChI is InChI=1S/C20H21ClFNO4/c1-20(2,3)27-19(26)23-17(18(24)25)10-12-4-6-13(7-5-12)15-11-14(21)8-9-16(15)22/h4-9,11,17H,10H2,1-3H3,(H,23,26)(H,24,25)/t17-/m0/s1. The molecule has 0 aliphatic heterocycles. The van der Waals surface area contributed by atoms with Crippen LogP contribution in [0.5, 0.6) is 0 Å². The first-order valence-corrected chi connectivity index (χ1v) is 8.69. The zero-order valence-corrected chi connectivity index (χ0v) is 16.0. The average Bonchev–Trinajstić information content (AvgIpc) is 2.55. The van der Waals surface area contributed by atoms with Gasteiger partial charge in [0, 0.05) is 17.0 Å². The van der Waals surface area contributed by atoms with Crippen LogP contribution in [0.3, 0.4) is 0 Å². The van der Waals surface area contributed by atoms with Crippen LogP contribution in [0.25, 0.3) is 11.1 Å². The van der Waals surface area contributed by atoms with Gasteiger partial charge in [0.15, 0.2) is 0 Å². The number of alkyl carbamates (subject to hydrolysis) is 1. The number of carbonyl (C=O) groups excluding carboxylic acids is 1. The van der Waals surface area contributed by atoms with Crippen LogP contribution >= 0.6 is 11.6 Å². The molecule has 2 N–H and O–H groups in total. The fraction of sp³-hybridized carbons (Fsp3) is 0.300. The second-order valence-corrected chi connectivity index (χ2v) is 7.50. The molecule has 0 spiro atoms. The summed E-state index contributed by atoms with van der Waals surface area (Å²) in [7, 11) is 0. The van der Waals surface area contributed by atoms with Gasteiger partial charge in [0.2, 0.25) is 0 Å². The van der Waals surface area contributed by atoms with E-state index < -0.39 is 29.5 Å². The third-order valence-corrected chi connectivity index (χ3v) is 3.86. The van der Waals surface area contributed by atoms with Crippen LogP contribution in [0.4, 0.5) is 9.18 Å². The molecule has 0 aromatic heterocycles. The van der Waals surface area contributed by atoms with Gasteiger partial charge in [-0.3, -0.25) is 0 Å². The molecule has 0 heterocycles. The number of carbonyl (C=O) groups is 2. The van der Waals surface area contributed by atoms with Crippen molar-refractivity contribution in [3.05, 3.63) is 58.9 Å². The number of hydrogen-bond donors (Lipinski definition) is 2. The highest BCUT2D eigenvalue weighted by atomic mass is 35.5. The van der Waals surface area contributed by atoms with Gasteiger partial charge >= 0.3 is 12.1 Å². The first-order valence-electron chi connectivity index (χ1n) is 8.32. The number of ether oxygens (including phenoxy) is 1. The predicted octanol–water partition coefficient (Wildman–Crippen LogP) is 4.67. The maximum absolute atomic E-state index is 14.0. The van der Waals surface area contributed by atoms with E-state index in [1.807, 2.05) is 0 Å². The van der Waals surface area contributed by atoms with Crippen molar-refractivity contribution >= 4 is 23.7 Å². The van der Waals surface area contributed by atoms with E-state index in [-0.39, 0.29) is 6.42 Å². The highest BCUT2D eigenvalue weighted by Gasteiger charge is 2.24. The summed E-state index contributed by atoms with van der Waals surface area (Å²) < 4.78 is 19.0. The van der Waals surface area contributed by atoms with Crippen molar-refractivity contribution < 1.29 is 23.8 Å². The van der Waals surface area contributed by atoms with Crippen molar-refractivity contribution in [1.82, 2.24) is 5.32 Å². The van der Waals surface area contributed by atoms with Crippen LogP contribution in [0.2, 0.25) is 5.02 Å². The molecule has 0 radical (unpaired) electrons. The van der Waals surface area contributed by atoms with Gasteiger partial charge in [0.1, 0.15) is 17.5 Å². The SMILES string of the molecule is CC(C)(C)OC(=O)N[C@@H](Cc1ccc(-c2cc(Cl)ccc2F)cc1)C(=O)O. The van der Waals surface area contributed by atoms with Crippen molar-refractivity contribution in [3.8, 4) is 11.1 Å². The zero-order chi connectivity index (χ0) is 20.2. The summed E-state index contributed by atoms with van der Waals surface area (Å²) in [5, 5.41) is 12.1. The molecule has 2 aromatic rings. The molecule has 0 saturated carbocycles. The molecule has 0 unspecified atom stereocenters. The van der Waals surface area contributed by atoms with Gasteiger partial charge < -0.3 is 15.2 Å². The monoisotopic (exact) mass is 393 g/mol. The molecule has 1 atom stereocenters. The normalized spacial score (nSPS) is 12.3. The highest BCUT2D eigenvalue weighted by Crippen LogP contribution is 2.26. The Hall–Kier alpha value is -2.60. The first-order chi connectivity index (χ1) is 12.5. The second kappa shape index (κ2) is 8.39. The van der Waals surface area contributed by atoms with E-state index in [2.05, 4.69) is 5.32 Å². The van der Waals surface area contributed by atoms with Crippen molar-refractivity contribution in [2.24, 2.45) is 0 Å². The van der Waals surface area contributed by atoms with E-state index in [0.717, 1.165) is 0 Å². The van der Waals surface area contributed by atoms with Crippen molar-refractivity contribution in [2.75, 3.05) is 0 Å². The molecule has 144 valence electrons. The molecule has 0 saturated heterocycles. The Morgan fingerprint density at radius 2 is 1.81 bits per heavy atom. The Labute approximate surface area is 162 Å². The third-order valence-electron chi connectivity index (χ3n) is 3.62. The first kappa shape index (κ1) is 20.7. The second-order valence-electron chi connectivity index (χ2n) is 7.06. The molecule has 7 heteroatoms. The largest absolute Gasteiger partial charge is 0.480 e. The molecule has 0 fully saturated rings. The summed E-state index contributed by atoms with van der Waals surface area (Å²) in [6.45, 7) is 5.07. The number of rotatable bonds is 5. The maximum atomic E-state index is 14.0. The van der Waals surface area contributed by atoms with E-state index in [0.29, 0.717) is 21.7 Å². The van der Waals surface area contributed by atoms with E-state index in [1.165, 1.54) is 18.2 Å². The number of carboxylic acids is 1. The molecule has 2 aromatic carbocycles. The Bertz CT molecular complexity index is 831. The van der Waals surface area contributed by atoms with Crippen LogP contribution < -0.4 is 5.32 Å². The number of carboxylic acid groups (broad SMARTS) is 1.